The maximum atomic E-state index is 6.72. The Morgan fingerprint density at radius 1 is 0.173 bits per heavy atom. The molecule has 18 aromatic carbocycles. The molecule has 0 N–H and O–H groups in total. The number of benzene rings is 18. The summed E-state index contributed by atoms with van der Waals surface area (Å²) >= 11 is 0. The van der Waals surface area contributed by atoms with Gasteiger partial charge in [-0.1, -0.05) is 261 Å². The molecule has 24 aromatic rings. The van der Waals surface area contributed by atoms with Crippen molar-refractivity contribution in [2.45, 2.75) is 0 Å². The number of nitrogens with zero attached hydrogens (tertiary/aromatic N) is 4. The minimum Gasteiger partial charge on any atom is -0.456 e. The zero-order valence-corrected chi connectivity index (χ0v) is 59.6. The number of rotatable bonds is 8. The van der Waals surface area contributed by atoms with Gasteiger partial charge in [-0.25, -0.2) is 0 Å². The third kappa shape index (κ3) is 9.49. The van der Waals surface area contributed by atoms with E-state index < -0.39 is 0 Å². The Morgan fingerprint density at radius 2 is 0.518 bits per heavy atom. The number of hydrogen-bond acceptors (Lipinski definition) is 2. The SMILES string of the molecule is c1ccc(-c2ccc(-n3c4ccccc4c4cc(-c5ccc6c(c5)c5ccc7c8ccccc8oc7c5n6-c5cccc6ccccc56)ccc43)cc2)cc1.c1ccc(-c2ccc(-n3c4ccccc4c4cc(-c5ccc6c(c5)c5ccc7oc8ccccc8c7c5n6-c5cccc6ccccc56)ccc43)cc2)cc1. The summed E-state index contributed by atoms with van der Waals surface area (Å²) in [5.41, 5.74) is 27.2. The normalized spacial score (nSPS) is 12.0. The largest absolute Gasteiger partial charge is 0.456 e. The van der Waals surface area contributed by atoms with E-state index in [2.05, 4.69) is 394 Å². The van der Waals surface area contributed by atoms with Gasteiger partial charge in [-0.3, -0.25) is 0 Å². The van der Waals surface area contributed by atoms with Gasteiger partial charge in [0.1, 0.15) is 16.7 Å². The first-order chi connectivity index (χ1) is 54.6. The fraction of sp³-hybridized carbons (Fsp3) is 0. The number of furan rings is 2. The summed E-state index contributed by atoms with van der Waals surface area (Å²) in [5.74, 6) is 0. The van der Waals surface area contributed by atoms with E-state index in [1.54, 1.807) is 0 Å². The van der Waals surface area contributed by atoms with Crippen molar-refractivity contribution < 1.29 is 8.83 Å². The van der Waals surface area contributed by atoms with Crippen LogP contribution in [0.4, 0.5) is 0 Å². The first-order valence-electron chi connectivity index (χ1n) is 37.7. The number of hydrogen-bond donors (Lipinski definition) is 0. The fourth-order valence-corrected chi connectivity index (χ4v) is 18.0. The average molecular weight is 1400 g/mol. The molecule has 0 amide bonds. The Balaban J connectivity index is 0.000000132. The van der Waals surface area contributed by atoms with E-state index >= 15 is 0 Å². The van der Waals surface area contributed by atoms with Crippen LogP contribution in [-0.4, -0.2) is 18.3 Å². The summed E-state index contributed by atoms with van der Waals surface area (Å²) in [6.07, 6.45) is 0. The van der Waals surface area contributed by atoms with Crippen LogP contribution in [0.25, 0.3) is 220 Å². The van der Waals surface area contributed by atoms with Crippen molar-refractivity contribution in [3.63, 3.8) is 0 Å². The van der Waals surface area contributed by atoms with Gasteiger partial charge >= 0.3 is 0 Å². The van der Waals surface area contributed by atoms with Crippen molar-refractivity contribution in [2.75, 3.05) is 0 Å². The van der Waals surface area contributed by atoms with Crippen molar-refractivity contribution in [2.24, 2.45) is 0 Å². The highest BCUT2D eigenvalue weighted by atomic mass is 16.3. The van der Waals surface area contributed by atoms with Crippen molar-refractivity contribution in [1.82, 2.24) is 18.3 Å². The lowest BCUT2D eigenvalue weighted by Gasteiger charge is -2.12. The van der Waals surface area contributed by atoms with E-state index in [-0.39, 0.29) is 0 Å². The number of fused-ring (bicyclic) bond motifs is 22. The van der Waals surface area contributed by atoms with Crippen LogP contribution in [0.1, 0.15) is 0 Å². The van der Waals surface area contributed by atoms with Crippen LogP contribution in [0.3, 0.4) is 0 Å². The fourth-order valence-electron chi connectivity index (χ4n) is 18.0. The highest BCUT2D eigenvalue weighted by Crippen LogP contribution is 2.47. The maximum absolute atomic E-state index is 6.72. The summed E-state index contributed by atoms with van der Waals surface area (Å²) in [5, 5.41) is 19.2. The molecule has 0 aliphatic rings. The van der Waals surface area contributed by atoms with Gasteiger partial charge in [-0.05, 0) is 183 Å². The van der Waals surface area contributed by atoms with Crippen molar-refractivity contribution in [1.29, 1.82) is 0 Å². The lowest BCUT2D eigenvalue weighted by molar-refractivity contribution is 0.669. The molecule has 0 unspecified atom stereocenters. The van der Waals surface area contributed by atoms with Gasteiger partial charge in [0.15, 0.2) is 5.58 Å². The van der Waals surface area contributed by atoms with E-state index in [9.17, 15) is 0 Å². The van der Waals surface area contributed by atoms with E-state index in [4.69, 9.17) is 8.83 Å². The first kappa shape index (κ1) is 61.6. The molecule has 6 nitrogen and oxygen atoms in total. The minimum absolute atomic E-state index is 0.898. The van der Waals surface area contributed by atoms with Gasteiger partial charge in [0.2, 0.25) is 0 Å². The van der Waals surface area contributed by atoms with Crippen LogP contribution < -0.4 is 0 Å². The smallest absolute Gasteiger partial charge is 0.160 e. The average Bonchev–Trinajstić information content (AvgIpc) is 1.56. The van der Waals surface area contributed by atoms with Crippen molar-refractivity contribution in [3.05, 3.63) is 388 Å². The van der Waals surface area contributed by atoms with Gasteiger partial charge in [0.25, 0.3) is 0 Å². The van der Waals surface area contributed by atoms with E-state index in [0.717, 1.165) is 77.7 Å². The molecule has 6 aromatic heterocycles. The van der Waals surface area contributed by atoms with Crippen LogP contribution in [0, 0.1) is 0 Å². The second-order valence-electron chi connectivity index (χ2n) is 29.0. The summed E-state index contributed by atoms with van der Waals surface area (Å²) in [4.78, 5) is 0. The molecule has 0 atom stereocenters. The Hall–Kier alpha value is -14.7. The third-order valence-electron chi connectivity index (χ3n) is 23.0. The number of para-hydroxylation sites is 4. The zero-order chi connectivity index (χ0) is 72.1. The molecule has 6 heterocycles. The molecule has 24 rings (SSSR count). The van der Waals surface area contributed by atoms with Gasteiger partial charge in [-0.15, -0.1) is 0 Å². The van der Waals surface area contributed by atoms with Crippen molar-refractivity contribution >= 4 is 153 Å². The predicted octanol–water partition coefficient (Wildman–Crippen LogP) is 28.5. The van der Waals surface area contributed by atoms with E-state index in [1.165, 1.54) is 142 Å². The second kappa shape index (κ2) is 24.4. The first-order valence-corrected chi connectivity index (χ1v) is 37.7. The third-order valence-corrected chi connectivity index (χ3v) is 23.0. The highest BCUT2D eigenvalue weighted by Gasteiger charge is 2.25. The Labute approximate surface area is 631 Å². The van der Waals surface area contributed by atoms with Crippen LogP contribution in [0.2, 0.25) is 0 Å². The maximum Gasteiger partial charge on any atom is 0.160 e. The highest BCUT2D eigenvalue weighted by molar-refractivity contribution is 6.26. The number of aromatic nitrogens is 4. The topological polar surface area (TPSA) is 46.0 Å². The summed E-state index contributed by atoms with van der Waals surface area (Å²) in [7, 11) is 0. The zero-order valence-electron chi connectivity index (χ0n) is 59.6. The molecule has 6 heteroatoms. The molecule has 0 saturated heterocycles. The molecule has 0 fully saturated rings. The van der Waals surface area contributed by atoms with E-state index in [0.29, 0.717) is 0 Å². The van der Waals surface area contributed by atoms with Gasteiger partial charge in [-0.2, -0.15) is 0 Å². The second-order valence-corrected chi connectivity index (χ2v) is 29.0. The Kier molecular flexibility index (Phi) is 13.7. The van der Waals surface area contributed by atoms with Gasteiger partial charge in [0.05, 0.1) is 60.9 Å². The van der Waals surface area contributed by atoms with Gasteiger partial charge < -0.3 is 27.1 Å². The Bertz CT molecular complexity index is 7860. The quantitative estimate of drug-likeness (QED) is 0.152. The summed E-state index contributed by atoms with van der Waals surface area (Å²) < 4.78 is 22.8. The molecule has 0 bridgehead atoms. The molecule has 0 aliphatic heterocycles. The summed E-state index contributed by atoms with van der Waals surface area (Å²) in [6.45, 7) is 0. The van der Waals surface area contributed by atoms with Crippen LogP contribution in [-0.2, 0) is 0 Å². The molecule has 110 heavy (non-hydrogen) atoms. The van der Waals surface area contributed by atoms with Crippen LogP contribution in [0.15, 0.2) is 397 Å². The van der Waals surface area contributed by atoms with Crippen LogP contribution in [0.5, 0.6) is 0 Å². The molecular formula is C104H64N4O2. The molecular weight excluding hydrogens is 1340 g/mol. The standard InChI is InChI=1S/2C52H32N2O/c1-2-11-33(12-3-1)34-21-25-38(26-22-34)53-47-18-8-6-16-40(47)44-31-36(23-29-48(44)53)37-24-30-49-45(32-37)42-27-28-43-41-17-7-9-20-50(41)55-52(43)51(42)54(49)46-19-10-14-35-13-4-5-15-39(35)46;1-2-11-33(12-3-1)34-21-25-38(26-22-34)53-46-18-8-6-16-40(46)43-31-36(23-28-47(43)53)37-24-29-48-44(32-37)41-27-30-50-51(42-17-7-9-20-49(42)55-50)52(41)54(48)45-19-10-14-35-13-4-5-15-39(35)45/h2*1-32H. The molecule has 0 spiro atoms. The minimum atomic E-state index is 0.898. The monoisotopic (exact) mass is 1400 g/mol. The lowest BCUT2D eigenvalue weighted by Crippen LogP contribution is -1.95. The van der Waals surface area contributed by atoms with Crippen LogP contribution >= 0.6 is 0 Å². The molecule has 0 saturated carbocycles. The van der Waals surface area contributed by atoms with Crippen molar-refractivity contribution in [3.8, 4) is 67.3 Å². The molecule has 0 aliphatic carbocycles. The lowest BCUT2D eigenvalue weighted by atomic mass is 10.00. The van der Waals surface area contributed by atoms with E-state index in [1.807, 2.05) is 12.1 Å². The predicted molar refractivity (Wildman–Crippen MR) is 462 cm³/mol. The summed E-state index contributed by atoms with van der Waals surface area (Å²) in [6, 6.07) is 140. The van der Waals surface area contributed by atoms with Gasteiger partial charge in [0, 0.05) is 81.4 Å². The Morgan fingerprint density at radius 3 is 1.03 bits per heavy atom. The molecule has 0 radical (unpaired) electrons. The molecule has 512 valence electrons.